The fourth-order valence-corrected chi connectivity index (χ4v) is 3.58. The number of aryl methyl sites for hydroxylation is 1. The van der Waals surface area contributed by atoms with Crippen LogP contribution in [0.1, 0.15) is 33.2 Å². The second kappa shape index (κ2) is 7.95. The Morgan fingerprint density at radius 1 is 1.25 bits per heavy atom. The van der Waals surface area contributed by atoms with Gasteiger partial charge in [0.1, 0.15) is 5.69 Å². The number of carbonyl (C=O) groups is 1. The highest BCUT2D eigenvalue weighted by atomic mass is 19.0. The van der Waals surface area contributed by atoms with Crippen LogP contribution in [-0.4, -0.2) is 48.1 Å². The van der Waals surface area contributed by atoms with Crippen LogP contribution in [0.5, 0.6) is 0 Å². The molecular formula is C20H21FN3O4-. The molecule has 0 bridgehead atoms. The molecule has 28 heavy (non-hydrogen) atoms. The number of amides is 1. The first kappa shape index (κ1) is 19.8. The Hall–Kier alpha value is -2.97. The van der Waals surface area contributed by atoms with Gasteiger partial charge in [-0.2, -0.15) is 5.10 Å². The van der Waals surface area contributed by atoms with Crippen LogP contribution in [0.15, 0.2) is 47.1 Å². The first-order chi connectivity index (χ1) is 13.1. The van der Waals surface area contributed by atoms with Crippen LogP contribution in [0, 0.1) is 6.92 Å². The number of aromatic amines is 1. The van der Waals surface area contributed by atoms with Crippen LogP contribution in [0.25, 0.3) is 11.5 Å². The van der Waals surface area contributed by atoms with E-state index in [-0.39, 0.29) is 16.7 Å². The van der Waals surface area contributed by atoms with Crippen LogP contribution in [0.2, 0.25) is 0 Å². The third kappa shape index (κ3) is 3.21. The Bertz CT molecular complexity index is 950. The molecule has 0 radical (unpaired) electrons. The van der Waals surface area contributed by atoms with E-state index in [9.17, 15) is 4.79 Å². The van der Waals surface area contributed by atoms with Gasteiger partial charge in [-0.05, 0) is 24.6 Å². The number of aromatic nitrogens is 2. The van der Waals surface area contributed by atoms with E-state index >= 15 is 0 Å². The van der Waals surface area contributed by atoms with Crippen LogP contribution < -0.4 is 4.70 Å². The van der Waals surface area contributed by atoms with Crippen molar-refractivity contribution in [2.75, 3.05) is 20.8 Å². The Morgan fingerprint density at radius 2 is 2.04 bits per heavy atom. The van der Waals surface area contributed by atoms with E-state index in [1.807, 2.05) is 37.3 Å². The summed E-state index contributed by atoms with van der Waals surface area (Å²) in [4.78, 5) is 14.9. The smallest absolute Gasteiger partial charge is 0.275 e. The van der Waals surface area contributed by atoms with Gasteiger partial charge < -0.3 is 23.5 Å². The van der Waals surface area contributed by atoms with Crippen molar-refractivity contribution < 1.29 is 23.4 Å². The van der Waals surface area contributed by atoms with E-state index < -0.39 is 6.29 Å². The summed E-state index contributed by atoms with van der Waals surface area (Å²) in [6.45, 7) is 2.32. The highest BCUT2D eigenvalue weighted by Gasteiger charge is 2.43. The Balaban J connectivity index is 0.00000225. The van der Waals surface area contributed by atoms with Gasteiger partial charge in [0.05, 0.1) is 18.8 Å². The van der Waals surface area contributed by atoms with Crippen LogP contribution in [0.4, 0.5) is 0 Å². The van der Waals surface area contributed by atoms with Crippen molar-refractivity contribution in [3.63, 3.8) is 0 Å². The quantitative estimate of drug-likeness (QED) is 0.610. The number of H-pyrrole nitrogens is 1. The summed E-state index contributed by atoms with van der Waals surface area (Å²) in [6.07, 6.45) is 1.08. The molecule has 0 aliphatic carbocycles. The average Bonchev–Trinajstić information content (AvgIpc) is 3.38. The minimum Gasteiger partial charge on any atom is -1.00 e. The van der Waals surface area contributed by atoms with Gasteiger partial charge in [0.15, 0.2) is 17.7 Å². The molecule has 1 atom stereocenters. The van der Waals surface area contributed by atoms with Crippen LogP contribution in [-0.2, 0) is 9.47 Å². The van der Waals surface area contributed by atoms with E-state index in [2.05, 4.69) is 16.3 Å². The molecular weight excluding hydrogens is 365 g/mol. The number of halogens is 1. The van der Waals surface area contributed by atoms with Gasteiger partial charge in [0.2, 0.25) is 0 Å². The lowest BCUT2D eigenvalue weighted by Crippen LogP contribution is -3.00. The maximum absolute atomic E-state index is 13.1. The molecule has 2 aromatic heterocycles. The average molecular weight is 386 g/mol. The second-order valence-electron chi connectivity index (χ2n) is 6.51. The minimum absolute atomic E-state index is 0. The topological polar surface area (TPSA) is 80.6 Å². The number of carbonyl (C=O) groups excluding carboxylic acids is 1. The Kier molecular flexibility index (Phi) is 5.62. The monoisotopic (exact) mass is 386 g/mol. The number of fused-ring (bicyclic) bond motifs is 1. The summed E-state index contributed by atoms with van der Waals surface area (Å²) < 4.78 is 16.2. The summed E-state index contributed by atoms with van der Waals surface area (Å²) in [5.74, 6) is 0.482. The van der Waals surface area contributed by atoms with Crippen molar-refractivity contribution in [3.05, 3.63) is 65.0 Å². The number of nitrogens with one attached hydrogen (secondary N) is 1. The number of nitrogens with zero attached hydrogens (tertiary/aromatic N) is 2. The zero-order valence-electron chi connectivity index (χ0n) is 15.8. The Morgan fingerprint density at radius 3 is 2.68 bits per heavy atom. The molecule has 4 rings (SSSR count). The molecule has 1 amide bonds. The number of furan rings is 1. The van der Waals surface area contributed by atoms with Crippen molar-refractivity contribution in [2.24, 2.45) is 0 Å². The van der Waals surface area contributed by atoms with Crippen LogP contribution in [0.3, 0.4) is 0 Å². The lowest BCUT2D eigenvalue weighted by atomic mass is 9.97. The normalized spacial score (nSPS) is 15.8. The summed E-state index contributed by atoms with van der Waals surface area (Å²) >= 11 is 0. The van der Waals surface area contributed by atoms with Gasteiger partial charge in [-0.15, -0.1) is 0 Å². The maximum Gasteiger partial charge on any atom is 0.275 e. The first-order valence-corrected chi connectivity index (χ1v) is 8.69. The van der Waals surface area contributed by atoms with Gasteiger partial charge in [0, 0.05) is 19.8 Å². The van der Waals surface area contributed by atoms with E-state index in [0.29, 0.717) is 23.7 Å². The van der Waals surface area contributed by atoms with Gasteiger partial charge in [-0.25, -0.2) is 0 Å². The molecule has 0 saturated heterocycles. The fraction of sp³-hybridized carbons (Fsp3) is 0.300. The molecule has 0 fully saturated rings. The van der Waals surface area contributed by atoms with Crippen molar-refractivity contribution in [2.45, 2.75) is 19.3 Å². The molecule has 1 aliphatic heterocycles. The maximum atomic E-state index is 13.1. The molecule has 1 N–H and O–H groups in total. The molecule has 0 spiro atoms. The molecule has 8 heteroatoms. The predicted octanol–water partition coefficient (Wildman–Crippen LogP) is 0.146. The fourth-order valence-electron chi connectivity index (χ4n) is 3.58. The second-order valence-corrected chi connectivity index (χ2v) is 6.51. The van der Waals surface area contributed by atoms with Crippen molar-refractivity contribution in [1.29, 1.82) is 0 Å². The molecule has 7 nitrogen and oxygen atoms in total. The number of hydrogen-bond acceptors (Lipinski definition) is 5. The SMILES string of the molecule is COC(CN1C(=O)c2n[nH]c(-c3ccco3)c2C1c1cccc(C)c1)OC.[F-]. The Labute approximate surface area is 161 Å². The highest BCUT2D eigenvalue weighted by Crippen LogP contribution is 2.43. The van der Waals surface area contributed by atoms with Gasteiger partial charge in [-0.1, -0.05) is 29.8 Å². The molecule has 1 aliphatic rings. The number of ether oxygens (including phenoxy) is 2. The molecule has 1 aromatic carbocycles. The van der Waals surface area contributed by atoms with Crippen molar-refractivity contribution in [3.8, 4) is 11.5 Å². The zero-order chi connectivity index (χ0) is 19.0. The number of benzene rings is 1. The number of hydrogen-bond donors (Lipinski definition) is 1. The summed E-state index contributed by atoms with van der Waals surface area (Å²) in [5, 5.41) is 7.25. The molecule has 1 unspecified atom stereocenters. The van der Waals surface area contributed by atoms with E-state index in [4.69, 9.17) is 13.9 Å². The standard InChI is InChI=1S/C20H21N3O4.FH/c1-12-6-4-7-13(10-12)19-16-17(14-8-5-9-27-14)21-22-18(16)20(24)23(19)11-15(25-2)26-3;/h4-10,15,19H,11H2,1-3H3,(H,21,22);1H/p-1. The van der Waals surface area contributed by atoms with E-state index in [0.717, 1.165) is 16.7 Å². The molecule has 3 heterocycles. The summed E-state index contributed by atoms with van der Waals surface area (Å²) in [7, 11) is 3.12. The van der Waals surface area contributed by atoms with E-state index in [1.54, 1.807) is 25.4 Å². The third-order valence-corrected chi connectivity index (χ3v) is 4.85. The molecule has 148 valence electrons. The third-order valence-electron chi connectivity index (χ3n) is 4.85. The first-order valence-electron chi connectivity index (χ1n) is 8.69. The minimum atomic E-state index is -0.527. The largest absolute Gasteiger partial charge is 1.00 e. The lowest BCUT2D eigenvalue weighted by Gasteiger charge is -2.29. The molecule has 0 saturated carbocycles. The summed E-state index contributed by atoms with van der Waals surface area (Å²) in [6, 6.07) is 11.5. The van der Waals surface area contributed by atoms with Gasteiger partial charge in [0.25, 0.3) is 5.91 Å². The number of rotatable bonds is 6. The number of methoxy groups -OCH3 is 2. The van der Waals surface area contributed by atoms with Crippen LogP contribution >= 0.6 is 0 Å². The summed E-state index contributed by atoms with van der Waals surface area (Å²) in [5.41, 5.74) is 4.04. The lowest BCUT2D eigenvalue weighted by molar-refractivity contribution is -0.113. The van der Waals surface area contributed by atoms with Crippen molar-refractivity contribution >= 4 is 5.91 Å². The zero-order valence-corrected chi connectivity index (χ0v) is 15.8. The highest BCUT2D eigenvalue weighted by molar-refractivity contribution is 6.00. The van der Waals surface area contributed by atoms with Gasteiger partial charge >= 0.3 is 0 Å². The van der Waals surface area contributed by atoms with Crippen molar-refractivity contribution in [1.82, 2.24) is 15.1 Å². The predicted molar refractivity (Wildman–Crippen MR) is 98.2 cm³/mol. The molecule has 3 aromatic rings. The van der Waals surface area contributed by atoms with E-state index in [1.165, 1.54) is 0 Å². The van der Waals surface area contributed by atoms with Gasteiger partial charge in [-0.3, -0.25) is 9.89 Å².